The Morgan fingerprint density at radius 1 is 1.45 bits per heavy atom. The summed E-state index contributed by atoms with van der Waals surface area (Å²) in [5.41, 5.74) is 0. The zero-order chi connectivity index (χ0) is 8.69. The lowest BCUT2D eigenvalue weighted by atomic mass is 10.2. The van der Waals surface area contributed by atoms with Crippen molar-refractivity contribution in [2.45, 2.75) is 38.9 Å². The number of hydrogen-bond acceptors (Lipinski definition) is 3. The summed E-state index contributed by atoms with van der Waals surface area (Å²) in [6.07, 6.45) is 1.09. The number of ether oxygens (including phenoxy) is 1. The van der Waals surface area contributed by atoms with Gasteiger partial charge in [-0.25, -0.2) is 0 Å². The summed E-state index contributed by atoms with van der Waals surface area (Å²) in [6, 6.07) is 0. The first kappa shape index (κ1) is 10.9. The smallest absolute Gasteiger partial charge is 0.103 e. The molecule has 0 aromatic carbocycles. The Balaban J connectivity index is 3.28. The SMILES string of the molecule is CCCCO[C@@H](C)[C@@H](O)CO. The Labute approximate surface area is 68.0 Å². The van der Waals surface area contributed by atoms with Crippen molar-refractivity contribution in [2.75, 3.05) is 13.2 Å². The molecule has 0 aliphatic carbocycles. The van der Waals surface area contributed by atoms with Gasteiger partial charge >= 0.3 is 0 Å². The summed E-state index contributed by atoms with van der Waals surface area (Å²) in [5.74, 6) is 0. The molecule has 0 aliphatic heterocycles. The van der Waals surface area contributed by atoms with Gasteiger partial charge in [-0.1, -0.05) is 13.3 Å². The van der Waals surface area contributed by atoms with Gasteiger partial charge in [0.15, 0.2) is 0 Å². The largest absolute Gasteiger partial charge is 0.394 e. The second-order valence-corrected chi connectivity index (χ2v) is 2.68. The molecule has 0 saturated heterocycles. The fraction of sp³-hybridized carbons (Fsp3) is 1.00. The molecule has 11 heavy (non-hydrogen) atoms. The van der Waals surface area contributed by atoms with E-state index < -0.39 is 6.10 Å². The van der Waals surface area contributed by atoms with Crippen molar-refractivity contribution in [1.29, 1.82) is 0 Å². The lowest BCUT2D eigenvalue weighted by molar-refractivity contribution is -0.0487. The van der Waals surface area contributed by atoms with Crippen LogP contribution in [0, 0.1) is 0 Å². The van der Waals surface area contributed by atoms with Gasteiger partial charge < -0.3 is 14.9 Å². The van der Waals surface area contributed by atoms with Gasteiger partial charge in [-0.15, -0.1) is 0 Å². The normalized spacial score (nSPS) is 16.4. The van der Waals surface area contributed by atoms with Crippen LogP contribution in [0.15, 0.2) is 0 Å². The fourth-order valence-electron chi connectivity index (χ4n) is 0.673. The summed E-state index contributed by atoms with van der Waals surface area (Å²) in [5, 5.41) is 17.6. The number of aliphatic hydroxyl groups is 2. The third-order valence-electron chi connectivity index (χ3n) is 1.61. The predicted octanol–water partition coefficient (Wildman–Crippen LogP) is 0.545. The molecule has 0 aliphatic rings. The van der Waals surface area contributed by atoms with E-state index in [0.717, 1.165) is 12.8 Å². The molecule has 0 heterocycles. The molecular formula is C8H18O3. The predicted molar refractivity (Wildman–Crippen MR) is 43.4 cm³/mol. The monoisotopic (exact) mass is 162 g/mol. The third kappa shape index (κ3) is 5.18. The number of rotatable bonds is 6. The average Bonchev–Trinajstić information content (AvgIpc) is 2.03. The minimum atomic E-state index is -0.744. The quantitative estimate of drug-likeness (QED) is 0.561. The summed E-state index contributed by atoms with van der Waals surface area (Å²) in [4.78, 5) is 0. The van der Waals surface area contributed by atoms with Crippen molar-refractivity contribution in [3.05, 3.63) is 0 Å². The van der Waals surface area contributed by atoms with Crippen LogP contribution in [0.2, 0.25) is 0 Å². The van der Waals surface area contributed by atoms with Gasteiger partial charge in [0.05, 0.1) is 12.7 Å². The highest BCUT2D eigenvalue weighted by molar-refractivity contribution is 4.61. The molecule has 68 valence electrons. The number of hydrogen-bond donors (Lipinski definition) is 2. The first-order valence-corrected chi connectivity index (χ1v) is 4.12. The maximum Gasteiger partial charge on any atom is 0.103 e. The van der Waals surface area contributed by atoms with Crippen molar-refractivity contribution >= 4 is 0 Å². The first-order chi connectivity index (χ1) is 5.22. The average molecular weight is 162 g/mol. The maximum atomic E-state index is 9.05. The van der Waals surface area contributed by atoms with E-state index in [-0.39, 0.29) is 12.7 Å². The molecule has 0 aromatic heterocycles. The van der Waals surface area contributed by atoms with Gasteiger partial charge in [0, 0.05) is 6.61 Å². The summed E-state index contributed by atoms with van der Waals surface area (Å²) < 4.78 is 5.23. The van der Waals surface area contributed by atoms with Crippen molar-refractivity contribution in [2.24, 2.45) is 0 Å². The molecule has 0 unspecified atom stereocenters. The van der Waals surface area contributed by atoms with Gasteiger partial charge in [0.2, 0.25) is 0 Å². The van der Waals surface area contributed by atoms with E-state index in [0.29, 0.717) is 6.61 Å². The lowest BCUT2D eigenvalue weighted by Crippen LogP contribution is -2.29. The Morgan fingerprint density at radius 2 is 2.09 bits per heavy atom. The minimum absolute atomic E-state index is 0.229. The summed E-state index contributed by atoms with van der Waals surface area (Å²) >= 11 is 0. The van der Waals surface area contributed by atoms with Crippen LogP contribution in [0.1, 0.15) is 26.7 Å². The van der Waals surface area contributed by atoms with E-state index in [4.69, 9.17) is 14.9 Å². The van der Waals surface area contributed by atoms with Gasteiger partial charge in [0.1, 0.15) is 6.10 Å². The molecule has 0 bridgehead atoms. The lowest BCUT2D eigenvalue weighted by Gasteiger charge is -2.16. The molecule has 0 spiro atoms. The van der Waals surface area contributed by atoms with Crippen LogP contribution in [0.3, 0.4) is 0 Å². The highest BCUT2D eigenvalue weighted by Crippen LogP contribution is 1.99. The van der Waals surface area contributed by atoms with Crippen LogP contribution >= 0.6 is 0 Å². The molecular weight excluding hydrogens is 144 g/mol. The van der Waals surface area contributed by atoms with Crippen molar-refractivity contribution in [3.63, 3.8) is 0 Å². The van der Waals surface area contributed by atoms with E-state index in [9.17, 15) is 0 Å². The number of unbranched alkanes of at least 4 members (excludes halogenated alkanes) is 1. The Hall–Kier alpha value is -0.120. The highest BCUT2D eigenvalue weighted by Gasteiger charge is 2.12. The van der Waals surface area contributed by atoms with E-state index >= 15 is 0 Å². The Kier molecular flexibility index (Phi) is 6.51. The molecule has 0 aromatic rings. The van der Waals surface area contributed by atoms with Crippen molar-refractivity contribution < 1.29 is 14.9 Å². The molecule has 0 rings (SSSR count). The van der Waals surface area contributed by atoms with Gasteiger partial charge in [-0.3, -0.25) is 0 Å². The van der Waals surface area contributed by atoms with Gasteiger partial charge in [-0.05, 0) is 13.3 Å². The molecule has 2 atom stereocenters. The second-order valence-electron chi connectivity index (χ2n) is 2.68. The van der Waals surface area contributed by atoms with Crippen LogP contribution < -0.4 is 0 Å². The van der Waals surface area contributed by atoms with Crippen LogP contribution in [0.25, 0.3) is 0 Å². The molecule has 0 fully saturated rings. The maximum absolute atomic E-state index is 9.05. The molecule has 0 radical (unpaired) electrons. The first-order valence-electron chi connectivity index (χ1n) is 4.12. The zero-order valence-electron chi connectivity index (χ0n) is 7.29. The van der Waals surface area contributed by atoms with E-state index in [1.165, 1.54) is 0 Å². The van der Waals surface area contributed by atoms with Gasteiger partial charge in [0.25, 0.3) is 0 Å². The molecule has 0 amide bonds. The van der Waals surface area contributed by atoms with Gasteiger partial charge in [-0.2, -0.15) is 0 Å². The standard InChI is InChI=1S/C8H18O3/c1-3-4-5-11-7(2)8(10)6-9/h7-10H,3-6H2,1-2H3/t7-,8-/m0/s1. The van der Waals surface area contributed by atoms with E-state index in [1.807, 2.05) is 0 Å². The van der Waals surface area contributed by atoms with Crippen LogP contribution in [-0.2, 0) is 4.74 Å². The Bertz CT molecular complexity index is 85.4. The van der Waals surface area contributed by atoms with Crippen molar-refractivity contribution in [3.8, 4) is 0 Å². The van der Waals surface area contributed by atoms with Crippen molar-refractivity contribution in [1.82, 2.24) is 0 Å². The van der Waals surface area contributed by atoms with Crippen LogP contribution in [0.5, 0.6) is 0 Å². The highest BCUT2D eigenvalue weighted by atomic mass is 16.5. The van der Waals surface area contributed by atoms with E-state index in [2.05, 4.69) is 6.92 Å². The molecule has 0 saturated carbocycles. The molecule has 2 N–H and O–H groups in total. The Morgan fingerprint density at radius 3 is 2.55 bits per heavy atom. The summed E-state index contributed by atoms with van der Waals surface area (Å²) in [6.45, 7) is 4.27. The fourth-order valence-corrected chi connectivity index (χ4v) is 0.673. The molecule has 3 nitrogen and oxygen atoms in total. The second kappa shape index (κ2) is 6.58. The van der Waals surface area contributed by atoms with Crippen LogP contribution in [-0.4, -0.2) is 35.6 Å². The summed E-state index contributed by atoms with van der Waals surface area (Å²) in [7, 11) is 0. The minimum Gasteiger partial charge on any atom is -0.394 e. The number of aliphatic hydroxyl groups excluding tert-OH is 2. The topological polar surface area (TPSA) is 49.7 Å². The zero-order valence-corrected chi connectivity index (χ0v) is 7.29. The van der Waals surface area contributed by atoms with E-state index in [1.54, 1.807) is 6.92 Å². The molecule has 3 heteroatoms. The van der Waals surface area contributed by atoms with Crippen LogP contribution in [0.4, 0.5) is 0 Å². The third-order valence-corrected chi connectivity index (χ3v) is 1.61.